The normalized spacial score (nSPS) is 11.3. The van der Waals surface area contributed by atoms with Crippen LogP contribution in [0.25, 0.3) is 0 Å². The molecule has 17 heavy (non-hydrogen) atoms. The second-order valence-electron chi connectivity index (χ2n) is 3.88. The van der Waals surface area contributed by atoms with Crippen molar-refractivity contribution in [2.24, 2.45) is 0 Å². The molecule has 7 nitrogen and oxygen atoms in total. The monoisotopic (exact) mass is 254 g/mol. The zero-order chi connectivity index (χ0) is 12.4. The van der Waals surface area contributed by atoms with E-state index in [1.165, 1.54) is 16.4 Å². The molecule has 0 spiro atoms. The van der Waals surface area contributed by atoms with Crippen LogP contribution in [0.4, 0.5) is 0 Å². The van der Waals surface area contributed by atoms with Crippen LogP contribution < -0.4 is 5.84 Å². The van der Waals surface area contributed by atoms with Gasteiger partial charge in [0.15, 0.2) is 0 Å². The van der Waals surface area contributed by atoms with E-state index in [9.17, 15) is 0 Å². The van der Waals surface area contributed by atoms with Crippen molar-refractivity contribution in [3.05, 3.63) is 17.6 Å². The van der Waals surface area contributed by atoms with Gasteiger partial charge in [-0.25, -0.2) is 4.68 Å². The van der Waals surface area contributed by atoms with Gasteiger partial charge >= 0.3 is 0 Å². The summed E-state index contributed by atoms with van der Waals surface area (Å²) in [6, 6.07) is 0. The third kappa shape index (κ3) is 2.57. The predicted molar refractivity (Wildman–Crippen MR) is 62.9 cm³/mol. The lowest BCUT2D eigenvalue weighted by atomic mass is 10.2. The summed E-state index contributed by atoms with van der Waals surface area (Å²) in [5.41, 5.74) is 0. The van der Waals surface area contributed by atoms with Crippen LogP contribution >= 0.6 is 11.8 Å². The SMILES string of the molecule is Cc1nnc(SCc2nnc(C(C)C)o2)n1N. The maximum atomic E-state index is 5.72. The number of thioether (sulfide) groups is 1. The second kappa shape index (κ2) is 4.74. The molecule has 0 amide bonds. The van der Waals surface area contributed by atoms with E-state index < -0.39 is 0 Å². The van der Waals surface area contributed by atoms with Crippen LogP contribution in [0.1, 0.15) is 37.4 Å². The number of aromatic nitrogens is 5. The molecule has 2 aromatic rings. The Labute approximate surface area is 103 Å². The number of nitrogens with zero attached hydrogens (tertiary/aromatic N) is 5. The highest BCUT2D eigenvalue weighted by atomic mass is 32.2. The topological polar surface area (TPSA) is 95.6 Å². The van der Waals surface area contributed by atoms with E-state index in [4.69, 9.17) is 10.3 Å². The molecule has 0 fully saturated rings. The molecule has 0 saturated carbocycles. The first-order valence-electron chi connectivity index (χ1n) is 5.20. The number of nitrogen functional groups attached to an aromatic ring is 1. The Morgan fingerprint density at radius 2 is 2.06 bits per heavy atom. The average Bonchev–Trinajstić information content (AvgIpc) is 2.86. The van der Waals surface area contributed by atoms with Gasteiger partial charge in [0.2, 0.25) is 16.9 Å². The van der Waals surface area contributed by atoms with Gasteiger partial charge in [-0.15, -0.1) is 20.4 Å². The second-order valence-corrected chi connectivity index (χ2v) is 4.82. The maximum Gasteiger partial charge on any atom is 0.226 e. The lowest BCUT2D eigenvalue weighted by Gasteiger charge is -1.98. The molecular formula is C9H14N6OS. The standard InChI is InChI=1S/C9H14N6OS/c1-5(2)8-13-12-7(16-8)4-17-9-14-11-6(3)15(9)10/h5H,4,10H2,1-3H3. The van der Waals surface area contributed by atoms with Crippen LogP contribution in [-0.4, -0.2) is 25.1 Å². The highest BCUT2D eigenvalue weighted by Crippen LogP contribution is 2.21. The first-order valence-corrected chi connectivity index (χ1v) is 6.18. The van der Waals surface area contributed by atoms with Gasteiger partial charge in [-0.2, -0.15) is 0 Å². The molecule has 2 aromatic heterocycles. The molecule has 0 atom stereocenters. The Kier molecular flexibility index (Phi) is 3.32. The molecule has 0 unspecified atom stereocenters. The van der Waals surface area contributed by atoms with Crippen LogP contribution in [0.3, 0.4) is 0 Å². The molecule has 2 rings (SSSR count). The number of aryl methyl sites for hydroxylation is 1. The Morgan fingerprint density at radius 1 is 1.29 bits per heavy atom. The Hall–Kier alpha value is -1.57. The summed E-state index contributed by atoms with van der Waals surface area (Å²) in [7, 11) is 0. The fourth-order valence-electron chi connectivity index (χ4n) is 1.13. The molecule has 0 radical (unpaired) electrons. The smallest absolute Gasteiger partial charge is 0.226 e. The molecule has 92 valence electrons. The summed E-state index contributed by atoms with van der Waals surface area (Å²) in [6.07, 6.45) is 0. The van der Waals surface area contributed by atoms with E-state index in [1.807, 2.05) is 13.8 Å². The lowest BCUT2D eigenvalue weighted by Crippen LogP contribution is -2.11. The van der Waals surface area contributed by atoms with E-state index in [0.29, 0.717) is 28.5 Å². The number of nitrogens with two attached hydrogens (primary N) is 1. The van der Waals surface area contributed by atoms with Crippen LogP contribution in [-0.2, 0) is 5.75 Å². The first kappa shape index (κ1) is 11.9. The van der Waals surface area contributed by atoms with E-state index in [2.05, 4.69) is 20.4 Å². The molecular weight excluding hydrogens is 240 g/mol. The van der Waals surface area contributed by atoms with Crippen molar-refractivity contribution >= 4 is 11.8 Å². The van der Waals surface area contributed by atoms with E-state index in [1.54, 1.807) is 6.92 Å². The molecule has 0 aliphatic heterocycles. The summed E-state index contributed by atoms with van der Waals surface area (Å²) >= 11 is 1.41. The van der Waals surface area contributed by atoms with Gasteiger partial charge in [0.05, 0.1) is 5.75 Å². The average molecular weight is 254 g/mol. The highest BCUT2D eigenvalue weighted by molar-refractivity contribution is 7.98. The van der Waals surface area contributed by atoms with Gasteiger partial charge in [0, 0.05) is 5.92 Å². The molecule has 0 aromatic carbocycles. The van der Waals surface area contributed by atoms with Crippen molar-refractivity contribution in [3.8, 4) is 0 Å². The van der Waals surface area contributed by atoms with Gasteiger partial charge < -0.3 is 10.3 Å². The van der Waals surface area contributed by atoms with Crippen molar-refractivity contribution < 1.29 is 4.42 Å². The van der Waals surface area contributed by atoms with Crippen molar-refractivity contribution in [1.29, 1.82) is 0 Å². The molecule has 0 bridgehead atoms. The van der Waals surface area contributed by atoms with Crippen LogP contribution in [0.15, 0.2) is 9.57 Å². The summed E-state index contributed by atoms with van der Waals surface area (Å²) in [6.45, 7) is 5.80. The van der Waals surface area contributed by atoms with Gasteiger partial charge in [0.1, 0.15) is 5.82 Å². The maximum absolute atomic E-state index is 5.72. The van der Waals surface area contributed by atoms with Crippen molar-refractivity contribution in [2.45, 2.75) is 37.6 Å². The summed E-state index contributed by atoms with van der Waals surface area (Å²) in [5, 5.41) is 16.3. The number of rotatable bonds is 4. The van der Waals surface area contributed by atoms with Crippen molar-refractivity contribution in [2.75, 3.05) is 5.84 Å². The van der Waals surface area contributed by atoms with Crippen LogP contribution in [0, 0.1) is 6.92 Å². The fourth-order valence-corrected chi connectivity index (χ4v) is 1.87. The quantitative estimate of drug-likeness (QED) is 0.644. The Bertz CT molecular complexity index is 505. The van der Waals surface area contributed by atoms with Crippen molar-refractivity contribution in [3.63, 3.8) is 0 Å². The van der Waals surface area contributed by atoms with Crippen LogP contribution in [0.2, 0.25) is 0 Å². The van der Waals surface area contributed by atoms with Gasteiger partial charge in [0.25, 0.3) is 0 Å². The van der Waals surface area contributed by atoms with E-state index in [-0.39, 0.29) is 5.92 Å². The molecule has 2 N–H and O–H groups in total. The van der Waals surface area contributed by atoms with Crippen molar-refractivity contribution in [1.82, 2.24) is 25.1 Å². The zero-order valence-corrected chi connectivity index (χ0v) is 10.7. The molecule has 0 saturated heterocycles. The largest absolute Gasteiger partial charge is 0.424 e. The van der Waals surface area contributed by atoms with Crippen LogP contribution in [0.5, 0.6) is 0 Å². The molecule has 8 heteroatoms. The van der Waals surface area contributed by atoms with E-state index in [0.717, 1.165) is 0 Å². The molecule has 0 aliphatic carbocycles. The fraction of sp³-hybridized carbons (Fsp3) is 0.556. The third-order valence-electron chi connectivity index (χ3n) is 2.14. The third-order valence-corrected chi connectivity index (χ3v) is 3.06. The number of hydrogen-bond acceptors (Lipinski definition) is 7. The first-order chi connectivity index (χ1) is 8.08. The minimum atomic E-state index is 0.238. The lowest BCUT2D eigenvalue weighted by molar-refractivity contribution is 0.445. The molecule has 0 aliphatic rings. The summed E-state index contributed by atoms with van der Waals surface area (Å²) in [4.78, 5) is 0. The summed E-state index contributed by atoms with van der Waals surface area (Å²) in [5.74, 6) is 8.38. The van der Waals surface area contributed by atoms with E-state index >= 15 is 0 Å². The van der Waals surface area contributed by atoms with Gasteiger partial charge in [-0.1, -0.05) is 25.6 Å². The zero-order valence-electron chi connectivity index (χ0n) is 9.91. The molecule has 2 heterocycles. The Balaban J connectivity index is 2.00. The highest BCUT2D eigenvalue weighted by Gasteiger charge is 2.12. The minimum absolute atomic E-state index is 0.238. The predicted octanol–water partition coefficient (Wildman–Crippen LogP) is 1.10. The Morgan fingerprint density at radius 3 is 2.59 bits per heavy atom. The van der Waals surface area contributed by atoms with Gasteiger partial charge in [-0.05, 0) is 6.92 Å². The summed E-state index contributed by atoms with van der Waals surface area (Å²) < 4.78 is 6.91. The minimum Gasteiger partial charge on any atom is -0.424 e. The number of hydrogen-bond donors (Lipinski definition) is 1. The van der Waals surface area contributed by atoms with Gasteiger partial charge in [-0.3, -0.25) is 0 Å².